The van der Waals surface area contributed by atoms with E-state index < -0.39 is 17.8 Å². The third-order valence-electron chi connectivity index (χ3n) is 5.64. The molecular weight excluding hydrogens is 635 g/mol. The number of barbiturate groups is 1. The molecule has 1 fully saturated rings. The number of hydrogen-bond donors (Lipinski definition) is 1. The van der Waals surface area contributed by atoms with E-state index in [4.69, 9.17) is 25.8 Å². The number of benzene rings is 3. The second-order valence-electron chi connectivity index (χ2n) is 8.44. The van der Waals surface area contributed by atoms with E-state index in [0.29, 0.717) is 41.0 Å². The first-order chi connectivity index (χ1) is 18.8. The molecule has 0 spiro atoms. The summed E-state index contributed by atoms with van der Waals surface area (Å²) in [5.74, 6) is 0.120. The Morgan fingerprint density at radius 1 is 0.974 bits per heavy atom. The highest BCUT2D eigenvalue weighted by atomic mass is 127. The quantitative estimate of drug-likeness (QED) is 0.154. The summed E-state index contributed by atoms with van der Waals surface area (Å²) in [6, 6.07) is 16.4. The van der Waals surface area contributed by atoms with Gasteiger partial charge in [-0.05, 0) is 90.0 Å². The Bertz CT molecular complexity index is 1420. The second-order valence-corrected chi connectivity index (χ2v) is 10.0. The summed E-state index contributed by atoms with van der Waals surface area (Å²) in [5, 5.41) is 2.84. The average molecular weight is 661 g/mol. The third-order valence-corrected chi connectivity index (χ3v) is 6.81. The number of amides is 4. The van der Waals surface area contributed by atoms with Crippen LogP contribution in [0.15, 0.2) is 66.2 Å². The van der Waals surface area contributed by atoms with Crippen molar-refractivity contribution in [2.45, 2.75) is 26.9 Å². The Labute approximate surface area is 245 Å². The molecule has 1 heterocycles. The van der Waals surface area contributed by atoms with E-state index in [2.05, 4.69) is 27.9 Å². The molecule has 0 radical (unpaired) electrons. The normalized spacial score (nSPS) is 14.4. The summed E-state index contributed by atoms with van der Waals surface area (Å²) in [6.07, 6.45) is 2.27. The van der Waals surface area contributed by atoms with Crippen LogP contribution in [0.25, 0.3) is 6.08 Å². The first-order valence-corrected chi connectivity index (χ1v) is 13.7. The Kier molecular flexibility index (Phi) is 9.47. The van der Waals surface area contributed by atoms with Crippen LogP contribution in [0.4, 0.5) is 10.5 Å². The van der Waals surface area contributed by atoms with Crippen LogP contribution in [0.3, 0.4) is 0 Å². The molecule has 0 aromatic heterocycles. The number of nitrogens with one attached hydrogen (secondary N) is 1. The number of carbonyl (C=O) groups excluding carboxylic acids is 3. The van der Waals surface area contributed by atoms with Gasteiger partial charge in [-0.25, -0.2) is 9.69 Å². The molecule has 1 aliphatic heterocycles. The van der Waals surface area contributed by atoms with E-state index in [1.807, 2.05) is 32.0 Å². The zero-order valence-corrected chi connectivity index (χ0v) is 24.2. The minimum atomic E-state index is -0.834. The van der Waals surface area contributed by atoms with Gasteiger partial charge in [-0.1, -0.05) is 36.7 Å². The molecule has 1 N–H and O–H groups in total. The highest BCUT2D eigenvalue weighted by molar-refractivity contribution is 14.1. The van der Waals surface area contributed by atoms with Gasteiger partial charge in [0.2, 0.25) is 0 Å². The van der Waals surface area contributed by atoms with Crippen molar-refractivity contribution in [3.05, 3.63) is 86.0 Å². The maximum Gasteiger partial charge on any atom is 0.335 e. The topological polar surface area (TPSA) is 94.2 Å². The number of imide groups is 2. The van der Waals surface area contributed by atoms with E-state index in [9.17, 15) is 14.4 Å². The Morgan fingerprint density at radius 2 is 1.72 bits per heavy atom. The number of ether oxygens (including phenoxy) is 3. The van der Waals surface area contributed by atoms with Crippen molar-refractivity contribution in [1.29, 1.82) is 0 Å². The lowest BCUT2D eigenvalue weighted by atomic mass is 10.1. The molecule has 1 aliphatic rings. The van der Waals surface area contributed by atoms with Gasteiger partial charge in [-0.2, -0.15) is 0 Å². The van der Waals surface area contributed by atoms with Crippen LogP contribution in [-0.4, -0.2) is 31.1 Å². The Hall–Kier alpha value is -3.57. The number of nitrogens with zero attached hydrogens (tertiary/aromatic N) is 1. The van der Waals surface area contributed by atoms with Gasteiger partial charge >= 0.3 is 6.03 Å². The fraction of sp³-hybridized carbons (Fsp3) is 0.207. The number of carbonyl (C=O) groups is 3. The minimum Gasteiger partial charge on any atom is -0.490 e. The molecule has 4 amide bonds. The van der Waals surface area contributed by atoms with E-state index in [1.165, 1.54) is 6.08 Å². The fourth-order valence-corrected chi connectivity index (χ4v) is 4.78. The number of urea groups is 1. The van der Waals surface area contributed by atoms with Gasteiger partial charge in [0, 0.05) is 10.6 Å². The van der Waals surface area contributed by atoms with Gasteiger partial charge in [-0.3, -0.25) is 14.9 Å². The fourth-order valence-electron chi connectivity index (χ4n) is 3.80. The molecule has 4 rings (SSSR count). The van der Waals surface area contributed by atoms with E-state index in [1.54, 1.807) is 42.5 Å². The molecule has 0 atom stereocenters. The molecule has 1 saturated heterocycles. The van der Waals surface area contributed by atoms with Gasteiger partial charge in [0.05, 0.1) is 22.5 Å². The largest absolute Gasteiger partial charge is 0.490 e. The second kappa shape index (κ2) is 13.0. The van der Waals surface area contributed by atoms with E-state index in [0.717, 1.165) is 20.5 Å². The molecule has 3 aromatic rings. The molecule has 0 bridgehead atoms. The summed E-state index contributed by atoms with van der Waals surface area (Å²) >= 11 is 8.30. The molecule has 8 nitrogen and oxygen atoms in total. The lowest BCUT2D eigenvalue weighted by Gasteiger charge is -2.26. The predicted molar refractivity (Wildman–Crippen MR) is 157 cm³/mol. The minimum absolute atomic E-state index is 0.186. The van der Waals surface area contributed by atoms with Gasteiger partial charge in [-0.15, -0.1) is 0 Å². The molecule has 39 heavy (non-hydrogen) atoms. The Morgan fingerprint density at radius 3 is 2.41 bits per heavy atom. The highest BCUT2D eigenvalue weighted by Gasteiger charge is 2.37. The van der Waals surface area contributed by atoms with Gasteiger partial charge in [0.15, 0.2) is 11.5 Å². The van der Waals surface area contributed by atoms with Crippen LogP contribution in [-0.2, 0) is 16.2 Å². The SMILES string of the molecule is CCCOc1c(I)cc(/C=C2\C(=O)NC(=O)N(c3ccc(OCc4ccccc4Cl)cc3)C2=O)cc1OCC. The van der Waals surface area contributed by atoms with Crippen molar-refractivity contribution < 1.29 is 28.6 Å². The van der Waals surface area contributed by atoms with Crippen LogP contribution < -0.4 is 24.4 Å². The summed E-state index contributed by atoms with van der Waals surface area (Å²) in [7, 11) is 0. The van der Waals surface area contributed by atoms with Crippen LogP contribution in [0.1, 0.15) is 31.4 Å². The predicted octanol–water partition coefficient (Wildman–Crippen LogP) is 6.38. The van der Waals surface area contributed by atoms with E-state index in [-0.39, 0.29) is 17.9 Å². The van der Waals surface area contributed by atoms with Crippen molar-refractivity contribution in [3.8, 4) is 17.2 Å². The highest BCUT2D eigenvalue weighted by Crippen LogP contribution is 2.35. The summed E-state index contributed by atoms with van der Waals surface area (Å²) < 4.78 is 18.1. The first-order valence-electron chi connectivity index (χ1n) is 12.3. The standard InChI is InChI=1S/C29H26ClIN2O6/c1-3-13-38-26-24(31)15-18(16-25(26)37-4-2)14-22-27(34)32-29(36)33(28(22)35)20-9-11-21(12-10-20)39-17-19-7-5-6-8-23(19)30/h5-12,14-16H,3-4,13,17H2,1-2H3,(H,32,34,36)/b22-14+. The third kappa shape index (κ3) is 6.72. The van der Waals surface area contributed by atoms with Crippen LogP contribution in [0.5, 0.6) is 17.2 Å². The lowest BCUT2D eigenvalue weighted by molar-refractivity contribution is -0.122. The zero-order chi connectivity index (χ0) is 27.9. The summed E-state index contributed by atoms with van der Waals surface area (Å²) in [6.45, 7) is 5.06. The van der Waals surface area contributed by atoms with Crippen LogP contribution >= 0.6 is 34.2 Å². The number of rotatable bonds is 10. The smallest absolute Gasteiger partial charge is 0.335 e. The molecule has 0 unspecified atom stereocenters. The van der Waals surface area contributed by atoms with Crippen molar-refractivity contribution in [1.82, 2.24) is 5.32 Å². The van der Waals surface area contributed by atoms with Gasteiger partial charge in [0.1, 0.15) is 17.9 Å². The number of hydrogen-bond acceptors (Lipinski definition) is 6. The van der Waals surface area contributed by atoms with Gasteiger partial charge in [0.25, 0.3) is 11.8 Å². The molecule has 0 saturated carbocycles. The average Bonchev–Trinajstić information content (AvgIpc) is 2.91. The van der Waals surface area contributed by atoms with Crippen molar-refractivity contribution >= 4 is 63.8 Å². The van der Waals surface area contributed by atoms with Crippen molar-refractivity contribution in [3.63, 3.8) is 0 Å². The Balaban J connectivity index is 1.57. The van der Waals surface area contributed by atoms with Gasteiger partial charge < -0.3 is 14.2 Å². The van der Waals surface area contributed by atoms with Crippen LogP contribution in [0.2, 0.25) is 5.02 Å². The number of halogens is 2. The zero-order valence-electron chi connectivity index (χ0n) is 21.3. The number of anilines is 1. The summed E-state index contributed by atoms with van der Waals surface area (Å²) in [5.41, 5.74) is 1.49. The maximum atomic E-state index is 13.4. The monoisotopic (exact) mass is 660 g/mol. The van der Waals surface area contributed by atoms with Crippen LogP contribution in [0, 0.1) is 3.57 Å². The molecule has 10 heteroatoms. The maximum absolute atomic E-state index is 13.4. The molecular formula is C29H26ClIN2O6. The summed E-state index contributed by atoms with van der Waals surface area (Å²) in [4.78, 5) is 39.6. The van der Waals surface area contributed by atoms with Crippen molar-refractivity contribution in [2.75, 3.05) is 18.1 Å². The first kappa shape index (κ1) is 28.4. The molecule has 3 aromatic carbocycles. The molecule has 202 valence electrons. The molecule has 0 aliphatic carbocycles. The lowest BCUT2D eigenvalue weighted by Crippen LogP contribution is -2.54. The van der Waals surface area contributed by atoms with Crippen molar-refractivity contribution in [2.24, 2.45) is 0 Å². The van der Waals surface area contributed by atoms with E-state index >= 15 is 0 Å².